The van der Waals surface area contributed by atoms with E-state index in [0.717, 1.165) is 10.5 Å². The zero-order valence-electron chi connectivity index (χ0n) is 18.3. The van der Waals surface area contributed by atoms with Crippen molar-refractivity contribution >= 4 is 29.3 Å². The number of hydrogen-bond donors (Lipinski definition) is 2. The van der Waals surface area contributed by atoms with Crippen molar-refractivity contribution < 1.29 is 19.1 Å². The molecule has 6 nitrogen and oxygen atoms in total. The smallest absolute Gasteiger partial charge is 0.252 e. The minimum Gasteiger partial charge on any atom is -0.493 e. The molecule has 3 aromatic carbocycles. The van der Waals surface area contributed by atoms with Crippen molar-refractivity contribution in [1.82, 2.24) is 5.32 Å². The highest BCUT2D eigenvalue weighted by molar-refractivity contribution is 8.00. The predicted octanol–water partition coefficient (Wildman–Crippen LogP) is 4.93. The van der Waals surface area contributed by atoms with E-state index in [-0.39, 0.29) is 23.6 Å². The Morgan fingerprint density at radius 2 is 1.59 bits per heavy atom. The van der Waals surface area contributed by atoms with Crippen LogP contribution in [0.5, 0.6) is 11.5 Å². The predicted molar refractivity (Wildman–Crippen MR) is 128 cm³/mol. The van der Waals surface area contributed by atoms with E-state index in [1.807, 2.05) is 55.5 Å². The maximum Gasteiger partial charge on any atom is 0.252 e. The lowest BCUT2D eigenvalue weighted by atomic mass is 10.1. The molecule has 7 heteroatoms. The van der Waals surface area contributed by atoms with E-state index < -0.39 is 0 Å². The molecule has 0 fully saturated rings. The van der Waals surface area contributed by atoms with Crippen LogP contribution >= 0.6 is 11.8 Å². The summed E-state index contributed by atoms with van der Waals surface area (Å²) in [5.74, 6) is 0.921. The van der Waals surface area contributed by atoms with Crippen LogP contribution in [0.2, 0.25) is 0 Å². The van der Waals surface area contributed by atoms with Crippen molar-refractivity contribution in [3.8, 4) is 11.5 Å². The number of methoxy groups -OCH3 is 2. The molecule has 0 aliphatic carbocycles. The average Bonchev–Trinajstić information content (AvgIpc) is 2.83. The zero-order chi connectivity index (χ0) is 22.9. The highest BCUT2D eigenvalue weighted by atomic mass is 32.2. The van der Waals surface area contributed by atoms with Gasteiger partial charge in [-0.25, -0.2) is 0 Å². The first-order valence-corrected chi connectivity index (χ1v) is 11.1. The highest BCUT2D eigenvalue weighted by Gasteiger charge is 2.16. The van der Waals surface area contributed by atoms with Crippen LogP contribution in [0.3, 0.4) is 0 Å². The fourth-order valence-electron chi connectivity index (χ4n) is 3.13. The first-order chi connectivity index (χ1) is 15.5. The zero-order valence-corrected chi connectivity index (χ0v) is 19.1. The molecule has 2 amide bonds. The summed E-state index contributed by atoms with van der Waals surface area (Å²) in [4.78, 5) is 26.1. The number of nitrogens with one attached hydrogen (secondary N) is 2. The molecule has 32 heavy (non-hydrogen) atoms. The molecular formula is C25H26N2O4S. The number of thioether (sulfide) groups is 1. The minimum absolute atomic E-state index is 0.130. The van der Waals surface area contributed by atoms with E-state index >= 15 is 0 Å². The highest BCUT2D eigenvalue weighted by Crippen LogP contribution is 2.30. The summed E-state index contributed by atoms with van der Waals surface area (Å²) < 4.78 is 10.5. The summed E-state index contributed by atoms with van der Waals surface area (Å²) in [5.41, 5.74) is 2.18. The molecule has 1 unspecified atom stereocenters. The monoisotopic (exact) mass is 450 g/mol. The Morgan fingerprint density at radius 1 is 0.906 bits per heavy atom. The van der Waals surface area contributed by atoms with Gasteiger partial charge in [0.05, 0.1) is 31.6 Å². The fourth-order valence-corrected chi connectivity index (χ4v) is 3.98. The number of anilines is 1. The third-order valence-electron chi connectivity index (χ3n) is 4.80. The average molecular weight is 451 g/mol. The van der Waals surface area contributed by atoms with Crippen LogP contribution < -0.4 is 20.1 Å². The topological polar surface area (TPSA) is 76.7 Å². The van der Waals surface area contributed by atoms with Crippen molar-refractivity contribution in [2.75, 3.05) is 25.3 Å². The molecule has 3 rings (SSSR count). The van der Waals surface area contributed by atoms with E-state index in [2.05, 4.69) is 10.6 Å². The Balaban J connectivity index is 1.62. The Kier molecular flexibility index (Phi) is 8.16. The van der Waals surface area contributed by atoms with E-state index in [1.165, 1.54) is 11.8 Å². The molecule has 0 aromatic heterocycles. The molecule has 0 aliphatic heterocycles. The van der Waals surface area contributed by atoms with Crippen LogP contribution in [-0.4, -0.2) is 31.8 Å². The Morgan fingerprint density at radius 3 is 2.31 bits per heavy atom. The molecule has 0 saturated carbocycles. The second-order valence-electron chi connectivity index (χ2n) is 7.01. The van der Waals surface area contributed by atoms with Gasteiger partial charge in [-0.3, -0.25) is 9.59 Å². The number of rotatable bonds is 9. The Labute approximate surface area is 192 Å². The van der Waals surface area contributed by atoms with Gasteiger partial charge < -0.3 is 20.1 Å². The first kappa shape index (κ1) is 23.2. The molecule has 0 radical (unpaired) electrons. The van der Waals surface area contributed by atoms with E-state index in [0.29, 0.717) is 22.7 Å². The third-order valence-corrected chi connectivity index (χ3v) is 5.88. The van der Waals surface area contributed by atoms with Gasteiger partial charge in [-0.15, -0.1) is 11.8 Å². The number of carbonyl (C=O) groups excluding carboxylic acids is 2. The molecule has 0 heterocycles. The Hall–Kier alpha value is -3.45. The van der Waals surface area contributed by atoms with Gasteiger partial charge in [0.2, 0.25) is 5.91 Å². The van der Waals surface area contributed by atoms with Crippen molar-refractivity contribution in [2.24, 2.45) is 0 Å². The van der Waals surface area contributed by atoms with E-state index in [4.69, 9.17) is 9.47 Å². The molecule has 0 saturated heterocycles. The van der Waals surface area contributed by atoms with E-state index in [1.54, 1.807) is 38.5 Å². The summed E-state index contributed by atoms with van der Waals surface area (Å²) >= 11 is 1.31. The fraction of sp³-hybridized carbons (Fsp3) is 0.200. The molecule has 0 bridgehead atoms. The van der Waals surface area contributed by atoms with Crippen LogP contribution in [0.25, 0.3) is 0 Å². The molecule has 1 atom stereocenters. The lowest BCUT2D eigenvalue weighted by Crippen LogP contribution is -2.27. The van der Waals surface area contributed by atoms with Crippen molar-refractivity contribution in [1.29, 1.82) is 0 Å². The van der Waals surface area contributed by atoms with Crippen LogP contribution in [0.1, 0.15) is 28.9 Å². The van der Waals surface area contributed by atoms with Crippen LogP contribution in [0.4, 0.5) is 5.69 Å². The molecule has 2 N–H and O–H groups in total. The van der Waals surface area contributed by atoms with Gasteiger partial charge >= 0.3 is 0 Å². The SMILES string of the molecule is COc1ccc(NC(=O)CSc2ccccc2C(=O)NC(C)c2ccccc2)cc1OC. The van der Waals surface area contributed by atoms with Crippen molar-refractivity contribution in [3.05, 3.63) is 83.9 Å². The summed E-state index contributed by atoms with van der Waals surface area (Å²) in [6, 6.07) is 22.1. The number of benzene rings is 3. The van der Waals surface area contributed by atoms with Gasteiger partial charge in [0.25, 0.3) is 5.91 Å². The van der Waals surface area contributed by atoms with E-state index in [9.17, 15) is 9.59 Å². The maximum absolute atomic E-state index is 12.9. The normalized spacial score (nSPS) is 11.3. The van der Waals surface area contributed by atoms with Gasteiger partial charge in [-0.2, -0.15) is 0 Å². The summed E-state index contributed by atoms with van der Waals surface area (Å²) in [7, 11) is 3.10. The molecule has 3 aromatic rings. The van der Waals surface area contributed by atoms with Gasteiger partial charge in [0.15, 0.2) is 11.5 Å². The molecular weight excluding hydrogens is 424 g/mol. The lowest BCUT2D eigenvalue weighted by Gasteiger charge is -2.16. The van der Waals surface area contributed by atoms with Gasteiger partial charge in [0, 0.05) is 16.6 Å². The first-order valence-electron chi connectivity index (χ1n) is 10.1. The second-order valence-corrected chi connectivity index (χ2v) is 8.03. The number of carbonyl (C=O) groups is 2. The van der Waals surface area contributed by atoms with Gasteiger partial charge in [-0.1, -0.05) is 42.5 Å². The van der Waals surface area contributed by atoms with Gasteiger partial charge in [0.1, 0.15) is 0 Å². The minimum atomic E-state index is -0.185. The largest absolute Gasteiger partial charge is 0.493 e. The third kappa shape index (κ3) is 6.04. The summed E-state index contributed by atoms with van der Waals surface area (Å²) in [6.07, 6.45) is 0. The lowest BCUT2D eigenvalue weighted by molar-refractivity contribution is -0.113. The maximum atomic E-state index is 12.9. The van der Waals surface area contributed by atoms with Crippen LogP contribution in [-0.2, 0) is 4.79 Å². The van der Waals surface area contributed by atoms with Crippen molar-refractivity contribution in [3.63, 3.8) is 0 Å². The number of hydrogen-bond acceptors (Lipinski definition) is 5. The standard InChI is InChI=1S/C25H26N2O4S/c1-17(18-9-5-4-6-10-18)26-25(29)20-11-7-8-12-23(20)32-16-24(28)27-19-13-14-21(30-2)22(15-19)31-3/h4-15,17H,16H2,1-3H3,(H,26,29)(H,27,28). The molecule has 166 valence electrons. The van der Waals surface area contributed by atoms with Crippen LogP contribution in [0.15, 0.2) is 77.7 Å². The number of amides is 2. The number of ether oxygens (including phenoxy) is 2. The second kappa shape index (κ2) is 11.2. The molecule has 0 spiro atoms. The quantitative estimate of drug-likeness (QED) is 0.452. The summed E-state index contributed by atoms with van der Waals surface area (Å²) in [6.45, 7) is 1.94. The summed E-state index contributed by atoms with van der Waals surface area (Å²) in [5, 5.41) is 5.87. The molecule has 0 aliphatic rings. The van der Waals surface area contributed by atoms with Crippen LogP contribution in [0, 0.1) is 0 Å². The van der Waals surface area contributed by atoms with Crippen molar-refractivity contribution in [2.45, 2.75) is 17.9 Å². The van der Waals surface area contributed by atoms with Gasteiger partial charge in [-0.05, 0) is 36.8 Å². The Bertz CT molecular complexity index is 1070.